The first-order valence-corrected chi connectivity index (χ1v) is 12.2. The van der Waals surface area contributed by atoms with Gasteiger partial charge in [0.1, 0.15) is 0 Å². The van der Waals surface area contributed by atoms with E-state index in [1.165, 1.54) is 16.7 Å². The lowest BCUT2D eigenvalue weighted by Gasteiger charge is -2.04. The van der Waals surface area contributed by atoms with Crippen LogP contribution in [0.3, 0.4) is 0 Å². The van der Waals surface area contributed by atoms with E-state index in [0.717, 1.165) is 44.1 Å². The van der Waals surface area contributed by atoms with Crippen LogP contribution in [-0.2, 0) is 9.84 Å². The molecule has 0 spiro atoms. The van der Waals surface area contributed by atoms with Crippen LogP contribution in [0, 0.1) is 0 Å². The lowest BCUT2D eigenvalue weighted by molar-refractivity contribution is 0.599. The van der Waals surface area contributed by atoms with Crippen molar-refractivity contribution in [3.8, 4) is 0 Å². The van der Waals surface area contributed by atoms with Gasteiger partial charge in [0.25, 0.3) is 0 Å². The molecule has 0 radical (unpaired) electrons. The van der Waals surface area contributed by atoms with E-state index < -0.39 is 9.84 Å². The van der Waals surface area contributed by atoms with E-state index in [-0.39, 0.29) is 5.75 Å². The van der Waals surface area contributed by atoms with E-state index >= 15 is 0 Å². The van der Waals surface area contributed by atoms with Gasteiger partial charge < -0.3 is 0 Å². The maximum Gasteiger partial charge on any atom is 0.181 e. The van der Waals surface area contributed by atoms with E-state index in [9.17, 15) is 8.42 Å². The third-order valence-corrected chi connectivity index (χ3v) is 6.50. The molecule has 0 unspecified atom stereocenters. The Bertz CT molecular complexity index is 834. The number of hydrogen-bond acceptors (Lipinski definition) is 2. The minimum absolute atomic E-state index is 0.0718. The van der Waals surface area contributed by atoms with Gasteiger partial charge >= 0.3 is 0 Å². The van der Waals surface area contributed by atoms with E-state index in [2.05, 4.69) is 45.9 Å². The molecule has 1 aromatic rings. The van der Waals surface area contributed by atoms with Crippen molar-refractivity contribution in [2.45, 2.75) is 78.0 Å². The Morgan fingerprint density at radius 2 is 1.14 bits per heavy atom. The molecule has 160 valence electrons. The molecular formula is C26H38O2S. The molecule has 0 aromatic heterocycles. The highest BCUT2D eigenvalue weighted by molar-refractivity contribution is 7.91. The number of benzene rings is 1. The van der Waals surface area contributed by atoms with Crippen LogP contribution in [0.2, 0.25) is 0 Å². The smallest absolute Gasteiger partial charge is 0.181 e. The maximum absolute atomic E-state index is 12.3. The standard InChI is InChI=1S/C26H38O2S/c1-22(2)12-9-13-23(3)14-10-15-24(4)16-11-17-25(5)20-21-29(27,28)26-18-7-6-8-19-26/h6-8,12,14,16,18-20H,9-11,13,15,17,21H2,1-5H3. The summed E-state index contributed by atoms with van der Waals surface area (Å²) >= 11 is 0. The summed E-state index contributed by atoms with van der Waals surface area (Å²) in [7, 11) is -3.23. The third kappa shape index (κ3) is 11.7. The summed E-state index contributed by atoms with van der Waals surface area (Å²) < 4.78 is 24.7. The lowest BCUT2D eigenvalue weighted by Crippen LogP contribution is -2.04. The summed E-state index contributed by atoms with van der Waals surface area (Å²) in [6.07, 6.45) is 15.1. The fourth-order valence-electron chi connectivity index (χ4n) is 2.96. The molecular weight excluding hydrogens is 376 g/mol. The van der Waals surface area contributed by atoms with Crippen molar-refractivity contribution in [3.63, 3.8) is 0 Å². The van der Waals surface area contributed by atoms with Crippen LogP contribution in [0.15, 0.2) is 81.8 Å². The molecule has 1 rings (SSSR count). The molecule has 3 heteroatoms. The average molecular weight is 415 g/mol. The van der Waals surface area contributed by atoms with Gasteiger partial charge in [-0.15, -0.1) is 0 Å². The first kappa shape index (κ1) is 25.2. The molecule has 0 bridgehead atoms. The number of hydrogen-bond donors (Lipinski definition) is 0. The van der Waals surface area contributed by atoms with Crippen molar-refractivity contribution in [2.75, 3.05) is 5.75 Å². The summed E-state index contributed by atoms with van der Waals surface area (Å²) in [5.74, 6) is 0.0718. The number of sulfone groups is 1. The summed E-state index contributed by atoms with van der Waals surface area (Å²) in [6.45, 7) is 10.7. The second-order valence-corrected chi connectivity index (χ2v) is 10.2. The normalized spacial score (nSPS) is 13.5. The van der Waals surface area contributed by atoms with Crippen molar-refractivity contribution in [3.05, 3.63) is 76.9 Å². The predicted octanol–water partition coefficient (Wildman–Crippen LogP) is 7.61. The van der Waals surface area contributed by atoms with Crippen LogP contribution in [0.5, 0.6) is 0 Å². The van der Waals surface area contributed by atoms with Gasteiger partial charge in [-0.3, -0.25) is 0 Å². The Labute approximate surface area is 179 Å². The van der Waals surface area contributed by atoms with Gasteiger partial charge in [0.2, 0.25) is 0 Å². The van der Waals surface area contributed by atoms with Crippen molar-refractivity contribution in [2.24, 2.45) is 0 Å². The molecule has 0 fully saturated rings. The van der Waals surface area contributed by atoms with Crippen LogP contribution in [0.25, 0.3) is 0 Å². The minimum Gasteiger partial charge on any atom is -0.223 e. The third-order valence-electron chi connectivity index (χ3n) is 4.91. The SMILES string of the molecule is CC(C)=CCCC(C)=CCCC(C)=CCCC(C)=CCS(=O)(=O)c1ccccc1. The van der Waals surface area contributed by atoms with Gasteiger partial charge in [0.15, 0.2) is 9.84 Å². The van der Waals surface area contributed by atoms with Crippen LogP contribution < -0.4 is 0 Å². The predicted molar refractivity (Wildman–Crippen MR) is 127 cm³/mol. The van der Waals surface area contributed by atoms with E-state index in [0.29, 0.717) is 4.90 Å². The summed E-state index contributed by atoms with van der Waals surface area (Å²) in [6, 6.07) is 8.66. The van der Waals surface area contributed by atoms with E-state index in [1.54, 1.807) is 24.3 Å². The Morgan fingerprint density at radius 3 is 1.62 bits per heavy atom. The fourth-order valence-corrected chi connectivity index (χ4v) is 4.23. The maximum atomic E-state index is 12.3. The molecule has 2 nitrogen and oxygen atoms in total. The van der Waals surface area contributed by atoms with Crippen LogP contribution in [0.1, 0.15) is 73.1 Å². The Kier molecular flexibility index (Phi) is 11.6. The molecule has 0 aliphatic carbocycles. The molecule has 0 saturated carbocycles. The van der Waals surface area contributed by atoms with Gasteiger partial charge in [0, 0.05) is 0 Å². The zero-order chi connectivity index (χ0) is 21.7. The number of rotatable bonds is 12. The van der Waals surface area contributed by atoms with Crippen molar-refractivity contribution >= 4 is 9.84 Å². The zero-order valence-corrected chi connectivity index (χ0v) is 19.7. The monoisotopic (exact) mass is 414 g/mol. The Hall–Kier alpha value is -1.87. The highest BCUT2D eigenvalue weighted by atomic mass is 32.2. The van der Waals surface area contributed by atoms with Crippen molar-refractivity contribution < 1.29 is 8.42 Å². The zero-order valence-electron chi connectivity index (χ0n) is 18.9. The topological polar surface area (TPSA) is 34.1 Å². The minimum atomic E-state index is -3.23. The van der Waals surface area contributed by atoms with Gasteiger partial charge in [-0.2, -0.15) is 0 Å². The first-order chi connectivity index (χ1) is 13.7. The van der Waals surface area contributed by atoms with Crippen LogP contribution in [0.4, 0.5) is 0 Å². The number of allylic oxidation sites excluding steroid dienone is 7. The van der Waals surface area contributed by atoms with Crippen LogP contribution in [-0.4, -0.2) is 14.2 Å². The fraction of sp³-hybridized carbons (Fsp3) is 0.462. The van der Waals surface area contributed by atoms with Gasteiger partial charge in [-0.25, -0.2) is 8.42 Å². The largest absolute Gasteiger partial charge is 0.223 e. The Balaban J connectivity index is 2.38. The van der Waals surface area contributed by atoms with Gasteiger partial charge in [-0.05, 0) is 85.3 Å². The molecule has 0 saturated heterocycles. The quantitative estimate of drug-likeness (QED) is 0.330. The molecule has 0 aliphatic rings. The molecule has 29 heavy (non-hydrogen) atoms. The van der Waals surface area contributed by atoms with Gasteiger partial charge in [0.05, 0.1) is 10.6 Å². The molecule has 0 N–H and O–H groups in total. The average Bonchev–Trinajstić information content (AvgIpc) is 2.67. The highest BCUT2D eigenvalue weighted by Crippen LogP contribution is 2.15. The van der Waals surface area contributed by atoms with Crippen molar-refractivity contribution in [1.82, 2.24) is 0 Å². The second kappa shape index (κ2) is 13.4. The lowest BCUT2D eigenvalue weighted by atomic mass is 10.0. The molecule has 0 amide bonds. The second-order valence-electron chi connectivity index (χ2n) is 8.14. The van der Waals surface area contributed by atoms with Crippen LogP contribution >= 0.6 is 0 Å². The molecule has 0 aliphatic heterocycles. The summed E-state index contributed by atoms with van der Waals surface area (Å²) in [5, 5.41) is 0. The first-order valence-electron chi connectivity index (χ1n) is 10.6. The molecule has 0 heterocycles. The van der Waals surface area contributed by atoms with Gasteiger partial charge in [-0.1, -0.05) is 64.8 Å². The summed E-state index contributed by atoms with van der Waals surface area (Å²) in [4.78, 5) is 0.393. The molecule has 1 aromatic carbocycles. The summed E-state index contributed by atoms with van der Waals surface area (Å²) in [5.41, 5.74) is 5.39. The Morgan fingerprint density at radius 1 is 0.690 bits per heavy atom. The van der Waals surface area contributed by atoms with Crippen molar-refractivity contribution in [1.29, 1.82) is 0 Å². The molecule has 0 atom stereocenters. The van der Waals surface area contributed by atoms with E-state index in [1.807, 2.05) is 19.1 Å². The van der Waals surface area contributed by atoms with E-state index in [4.69, 9.17) is 0 Å². The highest BCUT2D eigenvalue weighted by Gasteiger charge is 2.11.